The Kier molecular flexibility index (Phi) is 5.46. The molecule has 0 N–H and O–H groups in total. The average molecular weight is 334 g/mol. The topological polar surface area (TPSA) is 37.2 Å². The van der Waals surface area contributed by atoms with Crippen molar-refractivity contribution in [3.63, 3.8) is 0 Å². The van der Waals surface area contributed by atoms with Crippen LogP contribution in [0.15, 0.2) is 17.8 Å². The van der Waals surface area contributed by atoms with Gasteiger partial charge < -0.3 is 4.90 Å². The normalized spacial score (nSPS) is 18.5. The zero-order valence-electron chi connectivity index (χ0n) is 14.4. The van der Waals surface area contributed by atoms with Gasteiger partial charge in [0.25, 0.3) is 0 Å². The van der Waals surface area contributed by atoms with E-state index in [9.17, 15) is 0 Å². The first-order valence-electron chi connectivity index (χ1n) is 8.57. The lowest BCUT2D eigenvalue weighted by molar-refractivity contribution is 0.151. The number of fused-ring (bicyclic) bond motifs is 1. The van der Waals surface area contributed by atoms with Crippen molar-refractivity contribution in [3.8, 4) is 0 Å². The van der Waals surface area contributed by atoms with Crippen molar-refractivity contribution in [3.05, 3.63) is 34.0 Å². The summed E-state index contributed by atoms with van der Waals surface area (Å²) in [7, 11) is 0. The van der Waals surface area contributed by atoms with Gasteiger partial charge in [0, 0.05) is 37.3 Å². The van der Waals surface area contributed by atoms with Crippen molar-refractivity contribution in [2.75, 3.05) is 26.2 Å². The van der Waals surface area contributed by atoms with E-state index < -0.39 is 0 Å². The molecule has 0 radical (unpaired) electrons. The first-order chi connectivity index (χ1) is 11.2. The molecule has 2 aromatic rings. The second-order valence-electron chi connectivity index (χ2n) is 6.27. The van der Waals surface area contributed by atoms with Crippen molar-refractivity contribution in [2.24, 2.45) is 0 Å². The van der Waals surface area contributed by atoms with Gasteiger partial charge in [-0.3, -0.25) is 9.58 Å². The highest BCUT2D eigenvalue weighted by Crippen LogP contribution is 2.26. The number of hydrogen-bond donors (Lipinski definition) is 0. The SMILES string of the molecule is CCN(CC)CC[C@@H]1CN(Cc2scnc2C)Cc2ccnn21. The molecule has 0 fully saturated rings. The highest BCUT2D eigenvalue weighted by atomic mass is 32.1. The molecule has 0 spiro atoms. The van der Waals surface area contributed by atoms with Crippen LogP contribution in [-0.2, 0) is 13.1 Å². The quantitative estimate of drug-likeness (QED) is 0.781. The van der Waals surface area contributed by atoms with Crippen LogP contribution in [0.1, 0.15) is 42.6 Å². The molecule has 1 aliphatic heterocycles. The van der Waals surface area contributed by atoms with Crippen molar-refractivity contribution in [1.29, 1.82) is 0 Å². The Hall–Kier alpha value is -1.24. The van der Waals surface area contributed by atoms with Crippen LogP contribution < -0.4 is 0 Å². The van der Waals surface area contributed by atoms with E-state index in [2.05, 4.69) is 51.4 Å². The van der Waals surface area contributed by atoms with E-state index >= 15 is 0 Å². The minimum atomic E-state index is 0.475. The van der Waals surface area contributed by atoms with Gasteiger partial charge in [-0.15, -0.1) is 11.3 Å². The number of aryl methyl sites for hydroxylation is 1. The van der Waals surface area contributed by atoms with Gasteiger partial charge in [-0.05, 0) is 32.5 Å². The third-order valence-corrected chi connectivity index (χ3v) is 5.76. The highest BCUT2D eigenvalue weighted by molar-refractivity contribution is 7.09. The second-order valence-corrected chi connectivity index (χ2v) is 7.21. The summed E-state index contributed by atoms with van der Waals surface area (Å²) >= 11 is 1.77. The Morgan fingerprint density at radius 1 is 1.35 bits per heavy atom. The largest absolute Gasteiger partial charge is 0.304 e. The van der Waals surface area contributed by atoms with Crippen LogP contribution in [0.3, 0.4) is 0 Å². The van der Waals surface area contributed by atoms with E-state index in [1.54, 1.807) is 11.3 Å². The molecule has 6 heteroatoms. The number of nitrogens with zero attached hydrogens (tertiary/aromatic N) is 5. The van der Waals surface area contributed by atoms with Gasteiger partial charge in [0.1, 0.15) is 0 Å². The molecule has 0 aromatic carbocycles. The monoisotopic (exact) mass is 333 g/mol. The molecule has 0 saturated carbocycles. The number of rotatable bonds is 7. The Morgan fingerprint density at radius 2 is 2.17 bits per heavy atom. The molecule has 1 aliphatic rings. The van der Waals surface area contributed by atoms with Crippen LogP contribution in [0.25, 0.3) is 0 Å². The minimum Gasteiger partial charge on any atom is -0.304 e. The fraction of sp³-hybridized carbons (Fsp3) is 0.647. The molecule has 0 saturated heterocycles. The van der Waals surface area contributed by atoms with E-state index in [1.165, 1.54) is 16.3 Å². The zero-order valence-corrected chi connectivity index (χ0v) is 15.2. The maximum absolute atomic E-state index is 4.58. The van der Waals surface area contributed by atoms with Crippen molar-refractivity contribution in [1.82, 2.24) is 24.6 Å². The number of hydrogen-bond acceptors (Lipinski definition) is 5. The summed E-state index contributed by atoms with van der Waals surface area (Å²) in [5, 5.41) is 4.58. The van der Waals surface area contributed by atoms with Gasteiger partial charge in [0.15, 0.2) is 0 Å². The lowest BCUT2D eigenvalue weighted by Crippen LogP contribution is -2.39. The molecule has 0 bridgehead atoms. The van der Waals surface area contributed by atoms with Gasteiger partial charge in [0.2, 0.25) is 0 Å². The molecule has 126 valence electrons. The number of thiazole rings is 1. The zero-order chi connectivity index (χ0) is 16.2. The van der Waals surface area contributed by atoms with Gasteiger partial charge in [-0.2, -0.15) is 5.10 Å². The minimum absolute atomic E-state index is 0.475. The molecule has 5 nitrogen and oxygen atoms in total. The average Bonchev–Trinajstić information content (AvgIpc) is 3.18. The van der Waals surface area contributed by atoms with E-state index in [4.69, 9.17) is 0 Å². The van der Waals surface area contributed by atoms with Crippen LogP contribution in [0.4, 0.5) is 0 Å². The molecule has 0 amide bonds. The molecule has 0 unspecified atom stereocenters. The maximum Gasteiger partial charge on any atom is 0.0798 e. The lowest BCUT2D eigenvalue weighted by Gasteiger charge is -2.34. The van der Waals surface area contributed by atoms with Crippen LogP contribution in [0, 0.1) is 6.92 Å². The Balaban J connectivity index is 1.68. The predicted octanol–water partition coefficient (Wildman–Crippen LogP) is 2.94. The van der Waals surface area contributed by atoms with E-state index in [-0.39, 0.29) is 0 Å². The third kappa shape index (κ3) is 3.82. The standard InChI is InChI=1S/C17H27N5S/c1-4-20(5-2)9-7-16-11-21(10-15-6-8-19-22(15)16)12-17-14(3)18-13-23-17/h6,8,13,16H,4-5,7,9-12H2,1-3H3/t16-/m1/s1. The fourth-order valence-corrected chi connectivity index (χ4v) is 4.17. The van der Waals surface area contributed by atoms with E-state index in [1.807, 2.05) is 11.7 Å². The summed E-state index contributed by atoms with van der Waals surface area (Å²) in [6.07, 6.45) is 3.11. The molecule has 2 aromatic heterocycles. The second kappa shape index (κ2) is 7.55. The first-order valence-corrected chi connectivity index (χ1v) is 9.45. The van der Waals surface area contributed by atoms with E-state index in [0.29, 0.717) is 6.04 Å². The summed E-state index contributed by atoms with van der Waals surface area (Å²) in [5.41, 5.74) is 4.47. The van der Waals surface area contributed by atoms with Crippen LogP contribution in [0.5, 0.6) is 0 Å². The van der Waals surface area contributed by atoms with Gasteiger partial charge >= 0.3 is 0 Å². The summed E-state index contributed by atoms with van der Waals surface area (Å²) in [6, 6.07) is 2.64. The molecule has 3 rings (SSSR count). The van der Waals surface area contributed by atoms with Crippen molar-refractivity contribution < 1.29 is 0 Å². The first kappa shape index (κ1) is 16.6. The van der Waals surface area contributed by atoms with Gasteiger partial charge in [-0.25, -0.2) is 4.98 Å². The van der Waals surface area contributed by atoms with E-state index in [0.717, 1.165) is 45.7 Å². The van der Waals surface area contributed by atoms with Crippen molar-refractivity contribution in [2.45, 2.75) is 46.3 Å². The maximum atomic E-state index is 4.58. The molecular weight excluding hydrogens is 306 g/mol. The van der Waals surface area contributed by atoms with Gasteiger partial charge in [-0.1, -0.05) is 13.8 Å². The summed E-state index contributed by atoms with van der Waals surface area (Å²) in [6.45, 7) is 13.0. The van der Waals surface area contributed by atoms with Crippen LogP contribution >= 0.6 is 11.3 Å². The number of aromatic nitrogens is 3. The molecule has 1 atom stereocenters. The van der Waals surface area contributed by atoms with Crippen LogP contribution in [-0.4, -0.2) is 50.7 Å². The van der Waals surface area contributed by atoms with Crippen molar-refractivity contribution >= 4 is 11.3 Å². The molecule has 3 heterocycles. The molecular formula is C17H27N5S. The summed E-state index contributed by atoms with van der Waals surface area (Å²) in [5.74, 6) is 0. The smallest absolute Gasteiger partial charge is 0.0798 e. The Labute approximate surface area is 142 Å². The fourth-order valence-electron chi connectivity index (χ4n) is 3.35. The lowest BCUT2D eigenvalue weighted by atomic mass is 10.1. The predicted molar refractivity (Wildman–Crippen MR) is 94.6 cm³/mol. The Morgan fingerprint density at radius 3 is 2.87 bits per heavy atom. The van der Waals surface area contributed by atoms with Gasteiger partial charge in [0.05, 0.1) is 22.9 Å². The third-order valence-electron chi connectivity index (χ3n) is 4.84. The summed E-state index contributed by atoms with van der Waals surface area (Å²) in [4.78, 5) is 10.8. The summed E-state index contributed by atoms with van der Waals surface area (Å²) < 4.78 is 2.25. The Bertz CT molecular complexity index is 616. The van der Waals surface area contributed by atoms with Crippen LogP contribution in [0.2, 0.25) is 0 Å². The molecule has 0 aliphatic carbocycles. The molecule has 23 heavy (non-hydrogen) atoms. The highest BCUT2D eigenvalue weighted by Gasteiger charge is 2.26.